The highest BCUT2D eigenvalue weighted by Crippen LogP contribution is 2.24. The van der Waals surface area contributed by atoms with Crippen molar-refractivity contribution < 1.29 is 18.3 Å². The van der Waals surface area contributed by atoms with Crippen LogP contribution in [0.15, 0.2) is 29.2 Å². The van der Waals surface area contributed by atoms with Gasteiger partial charge in [0.25, 0.3) is 0 Å². The predicted octanol–water partition coefficient (Wildman–Crippen LogP) is 1.25. The summed E-state index contributed by atoms with van der Waals surface area (Å²) >= 11 is 0. The molecule has 0 aliphatic carbocycles. The largest absolute Gasteiger partial charge is 0.396 e. The standard InChI is InChI=1S/C16H23NO4S/c1-12-9-13(11-18)7-8-17(12)16(19)10-14-5-3-4-6-15(14)22(2,20)21/h3-6,12-13,18H,7-11H2,1-2H3/t12-,13-/m0/s1. The molecule has 0 spiro atoms. The molecule has 1 fully saturated rings. The number of piperidine rings is 1. The number of hydrogen-bond donors (Lipinski definition) is 1. The van der Waals surface area contributed by atoms with E-state index in [-0.39, 0.29) is 35.8 Å². The van der Waals surface area contributed by atoms with E-state index in [1.54, 1.807) is 29.2 Å². The second kappa shape index (κ2) is 6.79. The minimum Gasteiger partial charge on any atom is -0.396 e. The van der Waals surface area contributed by atoms with E-state index in [1.165, 1.54) is 0 Å². The number of sulfone groups is 1. The number of likely N-dealkylation sites (tertiary alicyclic amines) is 1. The van der Waals surface area contributed by atoms with Gasteiger partial charge in [-0.05, 0) is 37.3 Å². The van der Waals surface area contributed by atoms with E-state index in [1.807, 2.05) is 6.92 Å². The molecule has 22 heavy (non-hydrogen) atoms. The highest BCUT2D eigenvalue weighted by molar-refractivity contribution is 7.90. The molecule has 1 heterocycles. The number of carbonyl (C=O) groups excluding carboxylic acids is 1. The highest BCUT2D eigenvalue weighted by atomic mass is 32.2. The topological polar surface area (TPSA) is 74.7 Å². The molecule has 122 valence electrons. The van der Waals surface area contributed by atoms with E-state index >= 15 is 0 Å². The molecule has 0 bridgehead atoms. The predicted molar refractivity (Wildman–Crippen MR) is 84.2 cm³/mol. The van der Waals surface area contributed by atoms with Gasteiger partial charge in [0.2, 0.25) is 5.91 Å². The van der Waals surface area contributed by atoms with Crippen LogP contribution in [0.5, 0.6) is 0 Å². The maximum Gasteiger partial charge on any atom is 0.227 e. The van der Waals surface area contributed by atoms with Crippen LogP contribution in [0.3, 0.4) is 0 Å². The minimum absolute atomic E-state index is 0.0556. The maximum absolute atomic E-state index is 12.5. The van der Waals surface area contributed by atoms with Crippen molar-refractivity contribution in [2.24, 2.45) is 5.92 Å². The summed E-state index contributed by atoms with van der Waals surface area (Å²) in [6.45, 7) is 2.75. The molecule has 2 atom stereocenters. The number of hydrogen-bond acceptors (Lipinski definition) is 4. The monoisotopic (exact) mass is 325 g/mol. The van der Waals surface area contributed by atoms with Gasteiger partial charge in [0.1, 0.15) is 0 Å². The Hall–Kier alpha value is -1.40. The first-order valence-electron chi connectivity index (χ1n) is 7.51. The average molecular weight is 325 g/mol. The van der Waals surface area contributed by atoms with Crippen LogP contribution in [0.2, 0.25) is 0 Å². The number of carbonyl (C=O) groups is 1. The normalized spacial score (nSPS) is 22.6. The Balaban J connectivity index is 2.14. The zero-order valence-electron chi connectivity index (χ0n) is 13.0. The second-order valence-corrected chi connectivity index (χ2v) is 8.05. The van der Waals surface area contributed by atoms with E-state index in [9.17, 15) is 18.3 Å². The van der Waals surface area contributed by atoms with Crippen molar-refractivity contribution in [3.8, 4) is 0 Å². The lowest BCUT2D eigenvalue weighted by atomic mass is 9.92. The molecular formula is C16H23NO4S. The molecule has 1 amide bonds. The van der Waals surface area contributed by atoms with E-state index < -0.39 is 9.84 Å². The molecular weight excluding hydrogens is 302 g/mol. The number of aliphatic hydroxyl groups excluding tert-OH is 1. The first-order valence-corrected chi connectivity index (χ1v) is 9.40. The fraction of sp³-hybridized carbons (Fsp3) is 0.562. The van der Waals surface area contributed by atoms with E-state index in [0.29, 0.717) is 12.1 Å². The first kappa shape index (κ1) is 17.0. The third kappa shape index (κ3) is 3.87. The quantitative estimate of drug-likeness (QED) is 0.904. The Morgan fingerprint density at radius 2 is 2.05 bits per heavy atom. The third-order valence-electron chi connectivity index (χ3n) is 4.28. The Morgan fingerprint density at radius 1 is 1.36 bits per heavy atom. The number of amides is 1. The summed E-state index contributed by atoms with van der Waals surface area (Å²) in [6.07, 6.45) is 2.83. The fourth-order valence-corrected chi connectivity index (χ4v) is 4.02. The Morgan fingerprint density at radius 3 is 2.64 bits per heavy atom. The molecule has 0 radical (unpaired) electrons. The third-order valence-corrected chi connectivity index (χ3v) is 5.47. The van der Waals surface area contributed by atoms with Gasteiger partial charge < -0.3 is 10.0 Å². The molecule has 1 aromatic carbocycles. The van der Waals surface area contributed by atoms with Gasteiger partial charge in [0.05, 0.1) is 11.3 Å². The van der Waals surface area contributed by atoms with Crippen LogP contribution in [0, 0.1) is 5.92 Å². The molecule has 6 heteroatoms. The molecule has 1 aliphatic heterocycles. The Bertz CT molecular complexity index is 641. The summed E-state index contributed by atoms with van der Waals surface area (Å²) in [5, 5.41) is 9.22. The van der Waals surface area contributed by atoms with E-state index in [2.05, 4.69) is 0 Å². The summed E-state index contributed by atoms with van der Waals surface area (Å²) in [4.78, 5) is 14.5. The number of rotatable bonds is 4. The smallest absolute Gasteiger partial charge is 0.227 e. The number of nitrogens with zero attached hydrogens (tertiary/aromatic N) is 1. The van der Waals surface area contributed by atoms with Gasteiger partial charge in [-0.15, -0.1) is 0 Å². The molecule has 0 saturated carbocycles. The van der Waals surface area contributed by atoms with Crippen molar-refractivity contribution in [3.63, 3.8) is 0 Å². The van der Waals surface area contributed by atoms with Crippen LogP contribution in [0.1, 0.15) is 25.3 Å². The molecule has 2 rings (SSSR count). The van der Waals surface area contributed by atoms with Crippen LogP contribution in [-0.2, 0) is 21.1 Å². The van der Waals surface area contributed by atoms with Crippen molar-refractivity contribution in [3.05, 3.63) is 29.8 Å². The summed E-state index contributed by atoms with van der Waals surface area (Å²) in [7, 11) is -3.34. The van der Waals surface area contributed by atoms with E-state index in [0.717, 1.165) is 19.1 Å². The number of aliphatic hydroxyl groups is 1. The SMILES string of the molecule is C[C@H]1C[C@@H](CO)CCN1C(=O)Cc1ccccc1S(C)(=O)=O. The summed E-state index contributed by atoms with van der Waals surface area (Å²) < 4.78 is 23.6. The van der Waals surface area contributed by atoms with E-state index in [4.69, 9.17) is 0 Å². The van der Waals surface area contributed by atoms with Gasteiger partial charge in [-0.3, -0.25) is 4.79 Å². The van der Waals surface area contributed by atoms with Crippen LogP contribution in [-0.4, -0.2) is 49.8 Å². The lowest BCUT2D eigenvalue weighted by Crippen LogP contribution is -2.45. The Labute approximate surface area is 131 Å². The molecule has 1 aromatic rings. The number of benzene rings is 1. The Kier molecular flexibility index (Phi) is 5.24. The van der Waals surface area contributed by atoms with Gasteiger partial charge in [-0.2, -0.15) is 0 Å². The summed E-state index contributed by atoms with van der Waals surface area (Å²) in [5.41, 5.74) is 0.548. The van der Waals surface area contributed by atoms with Gasteiger partial charge >= 0.3 is 0 Å². The lowest BCUT2D eigenvalue weighted by molar-refractivity contribution is -0.134. The average Bonchev–Trinajstić information content (AvgIpc) is 2.46. The van der Waals surface area contributed by atoms with Crippen molar-refractivity contribution in [2.45, 2.75) is 37.1 Å². The summed E-state index contributed by atoms with van der Waals surface area (Å²) in [5.74, 6) is 0.197. The van der Waals surface area contributed by atoms with Crippen molar-refractivity contribution in [1.29, 1.82) is 0 Å². The molecule has 5 nitrogen and oxygen atoms in total. The second-order valence-electron chi connectivity index (χ2n) is 6.07. The first-order chi connectivity index (χ1) is 10.3. The zero-order valence-corrected chi connectivity index (χ0v) is 13.8. The molecule has 1 N–H and O–H groups in total. The van der Waals surface area contributed by atoms with Crippen LogP contribution < -0.4 is 0 Å². The maximum atomic E-state index is 12.5. The summed E-state index contributed by atoms with van der Waals surface area (Å²) in [6, 6.07) is 6.72. The molecule has 0 aromatic heterocycles. The van der Waals surface area contributed by atoms with Crippen LogP contribution >= 0.6 is 0 Å². The highest BCUT2D eigenvalue weighted by Gasteiger charge is 2.29. The zero-order chi connectivity index (χ0) is 16.3. The molecule has 0 unspecified atom stereocenters. The molecule has 1 saturated heterocycles. The molecule has 1 aliphatic rings. The van der Waals surface area contributed by atoms with Gasteiger partial charge in [0.15, 0.2) is 9.84 Å². The van der Waals surface area contributed by atoms with Crippen molar-refractivity contribution >= 4 is 15.7 Å². The fourth-order valence-electron chi connectivity index (χ4n) is 3.08. The minimum atomic E-state index is -3.34. The van der Waals surface area contributed by atoms with Crippen molar-refractivity contribution in [2.75, 3.05) is 19.4 Å². The van der Waals surface area contributed by atoms with Crippen LogP contribution in [0.4, 0.5) is 0 Å². The van der Waals surface area contributed by atoms with Gasteiger partial charge in [-0.1, -0.05) is 18.2 Å². The van der Waals surface area contributed by atoms with Gasteiger partial charge in [0, 0.05) is 25.4 Å². The van der Waals surface area contributed by atoms with Crippen LogP contribution in [0.25, 0.3) is 0 Å². The van der Waals surface area contributed by atoms with Crippen molar-refractivity contribution in [1.82, 2.24) is 4.90 Å². The lowest BCUT2D eigenvalue weighted by Gasteiger charge is -2.37. The van der Waals surface area contributed by atoms with Gasteiger partial charge in [-0.25, -0.2) is 8.42 Å².